The van der Waals surface area contributed by atoms with Gasteiger partial charge in [-0.3, -0.25) is 4.98 Å². The van der Waals surface area contributed by atoms with Gasteiger partial charge in [-0.25, -0.2) is 9.18 Å². The highest BCUT2D eigenvalue weighted by atomic mass is 32.2. The second-order valence-corrected chi connectivity index (χ2v) is 8.72. The molecule has 1 aliphatic rings. The van der Waals surface area contributed by atoms with Crippen molar-refractivity contribution in [3.63, 3.8) is 0 Å². The summed E-state index contributed by atoms with van der Waals surface area (Å²) in [5.41, 5.74) is 4.32. The van der Waals surface area contributed by atoms with Crippen molar-refractivity contribution in [3.8, 4) is 0 Å². The fourth-order valence-electron chi connectivity index (χ4n) is 4.19. The van der Waals surface area contributed by atoms with Crippen LogP contribution in [0.3, 0.4) is 0 Å². The lowest BCUT2D eigenvalue weighted by Crippen LogP contribution is -2.12. The number of ether oxygens (including phenoxy) is 1. The molecule has 4 rings (SSSR count). The maximum Gasteiger partial charge on any atom is 0.338 e. The van der Waals surface area contributed by atoms with Gasteiger partial charge in [0.1, 0.15) is 5.82 Å². The largest absolute Gasteiger partial charge is 0.465 e. The van der Waals surface area contributed by atoms with E-state index in [0.29, 0.717) is 11.5 Å². The Kier molecular flexibility index (Phi) is 6.48. The number of benzene rings is 2. The Labute approximate surface area is 180 Å². The standard InChI is InChI=1S/C25H24FNO2S/c1-29-25(28)24-12-13-27-16-19(24)9-8-17-4-2-5-18-14-22(10-11-23(17)18)30-21-7-3-6-20(26)15-21/h3,6-7,10-17H,2,4-5,8-9H2,1H3/t17-/m1/s1. The minimum Gasteiger partial charge on any atom is -0.465 e. The van der Waals surface area contributed by atoms with Crippen LogP contribution in [0.25, 0.3) is 0 Å². The van der Waals surface area contributed by atoms with Gasteiger partial charge in [-0.05, 0) is 91.1 Å². The third-order valence-electron chi connectivity index (χ3n) is 5.66. The van der Waals surface area contributed by atoms with E-state index in [1.807, 2.05) is 6.07 Å². The van der Waals surface area contributed by atoms with E-state index in [2.05, 4.69) is 23.2 Å². The van der Waals surface area contributed by atoms with Crippen molar-refractivity contribution in [2.75, 3.05) is 7.11 Å². The van der Waals surface area contributed by atoms with Gasteiger partial charge in [0.25, 0.3) is 0 Å². The molecule has 1 aliphatic carbocycles. The first kappa shape index (κ1) is 20.6. The molecule has 0 unspecified atom stereocenters. The molecule has 0 spiro atoms. The van der Waals surface area contributed by atoms with Gasteiger partial charge in [-0.1, -0.05) is 23.9 Å². The number of esters is 1. The normalized spacial score (nSPS) is 15.5. The maximum absolute atomic E-state index is 13.5. The van der Waals surface area contributed by atoms with Crippen molar-refractivity contribution in [2.45, 2.75) is 47.8 Å². The lowest BCUT2D eigenvalue weighted by molar-refractivity contribution is 0.0599. The zero-order valence-corrected chi connectivity index (χ0v) is 17.8. The van der Waals surface area contributed by atoms with Gasteiger partial charge in [-0.15, -0.1) is 0 Å². The topological polar surface area (TPSA) is 39.2 Å². The molecule has 0 amide bonds. The molecule has 154 valence electrons. The highest BCUT2D eigenvalue weighted by molar-refractivity contribution is 7.99. The Bertz CT molecular complexity index is 1050. The fraction of sp³-hybridized carbons (Fsp3) is 0.280. The van der Waals surface area contributed by atoms with Gasteiger partial charge >= 0.3 is 5.97 Å². The van der Waals surface area contributed by atoms with E-state index < -0.39 is 0 Å². The van der Waals surface area contributed by atoms with Crippen LogP contribution in [-0.2, 0) is 17.6 Å². The Morgan fingerprint density at radius 2 is 2.07 bits per heavy atom. The van der Waals surface area contributed by atoms with E-state index in [1.165, 1.54) is 24.3 Å². The van der Waals surface area contributed by atoms with Crippen molar-refractivity contribution in [1.82, 2.24) is 4.98 Å². The molecule has 0 bridgehead atoms. The summed E-state index contributed by atoms with van der Waals surface area (Å²) in [6.07, 6.45) is 8.54. The van der Waals surface area contributed by atoms with Crippen molar-refractivity contribution < 1.29 is 13.9 Å². The van der Waals surface area contributed by atoms with Crippen LogP contribution in [0.15, 0.2) is 70.7 Å². The average molecular weight is 422 g/mol. The molecule has 0 radical (unpaired) electrons. The summed E-state index contributed by atoms with van der Waals surface area (Å²) < 4.78 is 18.4. The lowest BCUT2D eigenvalue weighted by Gasteiger charge is -2.26. The van der Waals surface area contributed by atoms with Gasteiger partial charge in [0.15, 0.2) is 0 Å². The summed E-state index contributed by atoms with van der Waals surface area (Å²) in [6.45, 7) is 0. The lowest BCUT2D eigenvalue weighted by atomic mass is 9.80. The molecule has 1 atom stereocenters. The van der Waals surface area contributed by atoms with Crippen molar-refractivity contribution in [2.24, 2.45) is 0 Å². The van der Waals surface area contributed by atoms with Crippen LogP contribution in [0.5, 0.6) is 0 Å². The first-order valence-corrected chi connectivity index (χ1v) is 11.0. The van der Waals surface area contributed by atoms with Crippen LogP contribution >= 0.6 is 11.8 Å². The van der Waals surface area contributed by atoms with E-state index in [1.54, 1.807) is 42.4 Å². The Morgan fingerprint density at radius 3 is 2.90 bits per heavy atom. The minimum absolute atomic E-state index is 0.209. The second kappa shape index (κ2) is 9.43. The second-order valence-electron chi connectivity index (χ2n) is 7.57. The summed E-state index contributed by atoms with van der Waals surface area (Å²) >= 11 is 1.59. The van der Waals surface area contributed by atoms with Crippen LogP contribution in [0, 0.1) is 5.82 Å². The molecule has 3 aromatic rings. The number of carbonyl (C=O) groups excluding carboxylic acids is 1. The first-order chi connectivity index (χ1) is 14.6. The smallest absolute Gasteiger partial charge is 0.338 e. The molecule has 5 heteroatoms. The molecule has 1 aromatic heterocycles. The summed E-state index contributed by atoms with van der Waals surface area (Å²) in [6, 6.07) is 15.1. The van der Waals surface area contributed by atoms with Crippen molar-refractivity contribution in [1.29, 1.82) is 0 Å². The summed E-state index contributed by atoms with van der Waals surface area (Å²) in [4.78, 5) is 18.3. The predicted octanol–water partition coefficient (Wildman–Crippen LogP) is 6.21. The molecule has 0 saturated carbocycles. The van der Waals surface area contributed by atoms with E-state index in [9.17, 15) is 9.18 Å². The first-order valence-electron chi connectivity index (χ1n) is 10.2. The quantitative estimate of drug-likeness (QED) is 0.444. The maximum atomic E-state index is 13.5. The zero-order chi connectivity index (χ0) is 20.9. The SMILES string of the molecule is COC(=O)c1ccncc1CC[C@H]1CCCc2cc(Sc3cccc(F)c3)ccc21. The Morgan fingerprint density at radius 1 is 1.20 bits per heavy atom. The van der Waals surface area contributed by atoms with Gasteiger partial charge in [0, 0.05) is 22.2 Å². The molecule has 2 aromatic carbocycles. The van der Waals surface area contributed by atoms with E-state index in [-0.39, 0.29) is 11.8 Å². The average Bonchev–Trinajstić information content (AvgIpc) is 2.77. The van der Waals surface area contributed by atoms with Gasteiger partial charge in [-0.2, -0.15) is 0 Å². The molecule has 30 heavy (non-hydrogen) atoms. The van der Waals surface area contributed by atoms with Crippen molar-refractivity contribution >= 4 is 17.7 Å². The van der Waals surface area contributed by atoms with Crippen LogP contribution < -0.4 is 0 Å². The third-order valence-corrected chi connectivity index (χ3v) is 6.64. The monoisotopic (exact) mass is 421 g/mol. The Balaban J connectivity index is 1.49. The number of halogens is 1. The van der Waals surface area contributed by atoms with E-state index in [4.69, 9.17) is 4.74 Å². The van der Waals surface area contributed by atoms with E-state index in [0.717, 1.165) is 47.5 Å². The van der Waals surface area contributed by atoms with Crippen LogP contribution in [-0.4, -0.2) is 18.1 Å². The van der Waals surface area contributed by atoms with Gasteiger partial charge in [0.05, 0.1) is 12.7 Å². The van der Waals surface area contributed by atoms with Gasteiger partial charge in [0.2, 0.25) is 0 Å². The number of methoxy groups -OCH3 is 1. The highest BCUT2D eigenvalue weighted by Crippen LogP contribution is 2.38. The van der Waals surface area contributed by atoms with Crippen molar-refractivity contribution in [3.05, 3.63) is 89.0 Å². The number of hydrogen-bond donors (Lipinski definition) is 0. The summed E-state index contributed by atoms with van der Waals surface area (Å²) in [5, 5.41) is 0. The van der Waals surface area contributed by atoms with Crippen LogP contribution in [0.2, 0.25) is 0 Å². The molecule has 0 N–H and O–H groups in total. The zero-order valence-electron chi connectivity index (χ0n) is 16.9. The molecule has 0 fully saturated rings. The third kappa shape index (κ3) is 4.73. The Hall–Kier alpha value is -2.66. The molecular formula is C25H24FNO2S. The van der Waals surface area contributed by atoms with Crippen LogP contribution in [0.4, 0.5) is 4.39 Å². The molecule has 3 nitrogen and oxygen atoms in total. The number of aryl methyl sites for hydroxylation is 2. The minimum atomic E-state index is -0.310. The highest BCUT2D eigenvalue weighted by Gasteiger charge is 2.22. The number of pyridine rings is 1. The molecule has 0 aliphatic heterocycles. The molecule has 0 saturated heterocycles. The number of carbonyl (C=O) groups is 1. The number of fused-ring (bicyclic) bond motifs is 1. The van der Waals surface area contributed by atoms with Gasteiger partial charge < -0.3 is 4.74 Å². The van der Waals surface area contributed by atoms with E-state index >= 15 is 0 Å². The number of aromatic nitrogens is 1. The summed E-state index contributed by atoms with van der Waals surface area (Å²) in [7, 11) is 1.41. The molecule has 1 heterocycles. The fourth-order valence-corrected chi connectivity index (χ4v) is 5.11. The van der Waals surface area contributed by atoms with Crippen LogP contribution in [0.1, 0.15) is 52.2 Å². The molecular weight excluding hydrogens is 397 g/mol. The predicted molar refractivity (Wildman–Crippen MR) is 117 cm³/mol. The summed E-state index contributed by atoms with van der Waals surface area (Å²) in [5.74, 6) is -0.0529. The number of rotatable bonds is 6. The number of nitrogens with zero attached hydrogens (tertiary/aromatic N) is 1. The number of hydrogen-bond acceptors (Lipinski definition) is 4.